The van der Waals surface area contributed by atoms with Gasteiger partial charge in [0, 0.05) is 13.0 Å². The summed E-state index contributed by atoms with van der Waals surface area (Å²) in [7, 11) is 0. The molecule has 0 bridgehead atoms. The van der Waals surface area contributed by atoms with Crippen molar-refractivity contribution >= 4 is 23.0 Å². The highest BCUT2D eigenvalue weighted by Gasteiger charge is 2.36. The fourth-order valence-electron chi connectivity index (χ4n) is 3.60. The van der Waals surface area contributed by atoms with Crippen LogP contribution in [0.4, 0.5) is 0 Å². The smallest absolute Gasteiger partial charge is 0.351 e. The maximum absolute atomic E-state index is 12.8. The van der Waals surface area contributed by atoms with Gasteiger partial charge in [-0.15, -0.1) is 0 Å². The lowest BCUT2D eigenvalue weighted by atomic mass is 9.98. The zero-order valence-electron chi connectivity index (χ0n) is 17.7. The summed E-state index contributed by atoms with van der Waals surface area (Å²) in [6.45, 7) is 3.43. The van der Waals surface area contributed by atoms with Crippen LogP contribution in [-0.4, -0.2) is 21.9 Å². The van der Waals surface area contributed by atoms with Crippen LogP contribution in [0.5, 0.6) is 11.6 Å². The summed E-state index contributed by atoms with van der Waals surface area (Å²) in [5.74, 6) is -1.73. The summed E-state index contributed by atoms with van der Waals surface area (Å²) in [6.07, 6.45) is 4.71. The molecule has 0 amide bonds. The van der Waals surface area contributed by atoms with Crippen LogP contribution in [-0.2, 0) is 11.2 Å². The van der Waals surface area contributed by atoms with Crippen molar-refractivity contribution in [1.82, 2.24) is 9.97 Å². The molecule has 4 rings (SSSR count). The van der Waals surface area contributed by atoms with E-state index < -0.39 is 23.3 Å². The number of aryl methyl sites for hydroxylation is 1. The van der Waals surface area contributed by atoms with Crippen LogP contribution in [0.2, 0.25) is 0 Å². The molecule has 9 nitrogen and oxygen atoms in total. The van der Waals surface area contributed by atoms with Gasteiger partial charge in [0.2, 0.25) is 11.6 Å². The minimum absolute atomic E-state index is 0.0153. The third-order valence-corrected chi connectivity index (χ3v) is 5.56. The lowest BCUT2D eigenvalue weighted by molar-refractivity contribution is -0.131. The lowest BCUT2D eigenvalue weighted by Gasteiger charge is -2.12. The van der Waals surface area contributed by atoms with E-state index in [9.17, 15) is 19.2 Å². The molecule has 1 aromatic carbocycles. The molecule has 1 N–H and O–H groups in total. The van der Waals surface area contributed by atoms with Gasteiger partial charge in [0.15, 0.2) is 0 Å². The molecule has 0 atom stereocenters. The van der Waals surface area contributed by atoms with Gasteiger partial charge in [-0.05, 0) is 55.2 Å². The maximum Gasteiger partial charge on any atom is 0.351 e. The standard InChI is InChI=1S/C23H22N2O7/c1-13(26)30-16-8-4-3-7-15(16)21(28)32-20-18-14(6-5-9-23(2)10-11-23)12-17(27)31-19(18)24-22(29)25-20/h3-4,7-8,12H,5-6,9-11H2,1-2H3,(H,24,25,29). The first kappa shape index (κ1) is 21.5. The Morgan fingerprint density at radius 2 is 1.94 bits per heavy atom. The van der Waals surface area contributed by atoms with E-state index in [1.54, 1.807) is 12.1 Å². The number of hydrogen-bond acceptors (Lipinski definition) is 8. The Labute approximate surface area is 182 Å². The number of aromatic amines is 1. The number of nitrogens with one attached hydrogen (secondary N) is 1. The molecule has 2 heterocycles. The first-order chi connectivity index (χ1) is 15.2. The Balaban J connectivity index is 1.70. The Hall–Kier alpha value is -3.75. The topological polar surface area (TPSA) is 129 Å². The highest BCUT2D eigenvalue weighted by molar-refractivity contribution is 5.96. The van der Waals surface area contributed by atoms with Crippen molar-refractivity contribution in [2.24, 2.45) is 5.41 Å². The van der Waals surface area contributed by atoms with Crippen molar-refractivity contribution in [1.29, 1.82) is 0 Å². The number of H-pyrrole nitrogens is 1. The normalized spacial score (nSPS) is 14.2. The third kappa shape index (κ3) is 4.77. The summed E-state index contributed by atoms with van der Waals surface area (Å²) >= 11 is 0. The van der Waals surface area contributed by atoms with Crippen molar-refractivity contribution in [3.8, 4) is 11.6 Å². The average Bonchev–Trinajstić information content (AvgIpc) is 3.44. The van der Waals surface area contributed by atoms with Gasteiger partial charge in [-0.3, -0.25) is 9.78 Å². The van der Waals surface area contributed by atoms with E-state index in [2.05, 4.69) is 16.9 Å². The number of aromatic nitrogens is 2. The van der Waals surface area contributed by atoms with E-state index >= 15 is 0 Å². The first-order valence-corrected chi connectivity index (χ1v) is 10.3. The monoisotopic (exact) mass is 438 g/mol. The molecule has 0 aliphatic heterocycles. The van der Waals surface area contributed by atoms with Crippen molar-refractivity contribution < 1.29 is 23.5 Å². The molecule has 0 radical (unpaired) electrons. The number of para-hydroxylation sites is 1. The fraction of sp³-hybridized carbons (Fsp3) is 0.348. The average molecular weight is 438 g/mol. The molecule has 0 spiro atoms. The number of hydrogen-bond donors (Lipinski definition) is 1. The maximum atomic E-state index is 12.8. The molecule has 1 aliphatic carbocycles. The second kappa shape index (κ2) is 8.41. The van der Waals surface area contributed by atoms with Crippen LogP contribution in [0.25, 0.3) is 11.1 Å². The second-order valence-corrected chi connectivity index (χ2v) is 8.29. The Bertz CT molecular complexity index is 1310. The Morgan fingerprint density at radius 1 is 1.19 bits per heavy atom. The number of carbonyl (C=O) groups is 2. The van der Waals surface area contributed by atoms with Crippen molar-refractivity contribution in [3.63, 3.8) is 0 Å². The molecule has 1 aliphatic rings. The largest absolute Gasteiger partial charge is 0.426 e. The number of benzene rings is 1. The molecular formula is C23H22N2O7. The van der Waals surface area contributed by atoms with Crippen LogP contribution in [0.3, 0.4) is 0 Å². The predicted molar refractivity (Wildman–Crippen MR) is 114 cm³/mol. The van der Waals surface area contributed by atoms with Gasteiger partial charge in [0.05, 0.1) is 0 Å². The van der Waals surface area contributed by atoms with E-state index in [0.29, 0.717) is 17.4 Å². The van der Waals surface area contributed by atoms with E-state index in [1.165, 1.54) is 38.0 Å². The second-order valence-electron chi connectivity index (χ2n) is 8.29. The lowest BCUT2D eigenvalue weighted by Crippen LogP contribution is -2.19. The molecule has 2 aromatic heterocycles. The molecule has 1 fully saturated rings. The molecule has 1 saturated carbocycles. The van der Waals surface area contributed by atoms with E-state index in [4.69, 9.17) is 13.9 Å². The number of esters is 2. The molecule has 3 aromatic rings. The van der Waals surface area contributed by atoms with Crippen molar-refractivity contribution in [2.45, 2.75) is 46.0 Å². The minimum atomic E-state index is -0.871. The van der Waals surface area contributed by atoms with Crippen LogP contribution >= 0.6 is 0 Å². The predicted octanol–water partition coefficient (Wildman–Crippen LogP) is 3.14. The number of fused-ring (bicyclic) bond motifs is 1. The number of nitrogens with zero attached hydrogens (tertiary/aromatic N) is 1. The van der Waals surface area contributed by atoms with Gasteiger partial charge in [-0.25, -0.2) is 14.4 Å². The summed E-state index contributed by atoms with van der Waals surface area (Å²) in [5, 5.41) is 0.253. The molecule has 0 saturated heterocycles. The van der Waals surface area contributed by atoms with Crippen molar-refractivity contribution in [3.05, 3.63) is 62.4 Å². The molecule has 32 heavy (non-hydrogen) atoms. The van der Waals surface area contributed by atoms with E-state index in [1.807, 2.05) is 0 Å². The van der Waals surface area contributed by atoms with Crippen LogP contribution in [0.1, 0.15) is 55.5 Å². The SMILES string of the molecule is CC(=O)Oc1ccccc1C(=O)Oc1nc(=O)[nH]c2oc(=O)cc(CCCC3(C)CC3)c12. The highest BCUT2D eigenvalue weighted by atomic mass is 16.6. The quantitative estimate of drug-likeness (QED) is 0.440. The van der Waals surface area contributed by atoms with Gasteiger partial charge in [-0.2, -0.15) is 4.98 Å². The van der Waals surface area contributed by atoms with E-state index in [0.717, 1.165) is 12.8 Å². The van der Waals surface area contributed by atoms with Crippen LogP contribution in [0, 0.1) is 5.41 Å². The van der Waals surface area contributed by atoms with Gasteiger partial charge in [0.1, 0.15) is 16.7 Å². The van der Waals surface area contributed by atoms with Gasteiger partial charge >= 0.3 is 23.3 Å². The number of carbonyl (C=O) groups excluding carboxylic acids is 2. The zero-order valence-corrected chi connectivity index (χ0v) is 17.7. The Kier molecular flexibility index (Phi) is 5.65. The van der Waals surface area contributed by atoms with Gasteiger partial charge < -0.3 is 13.9 Å². The fourth-order valence-corrected chi connectivity index (χ4v) is 3.60. The van der Waals surface area contributed by atoms with Crippen molar-refractivity contribution in [2.75, 3.05) is 0 Å². The number of ether oxygens (including phenoxy) is 2. The van der Waals surface area contributed by atoms with E-state index in [-0.39, 0.29) is 28.3 Å². The first-order valence-electron chi connectivity index (χ1n) is 10.3. The summed E-state index contributed by atoms with van der Waals surface area (Å²) in [4.78, 5) is 54.4. The van der Waals surface area contributed by atoms with Gasteiger partial charge in [0.25, 0.3) is 0 Å². The Morgan fingerprint density at radius 3 is 2.66 bits per heavy atom. The number of rotatable bonds is 7. The molecule has 0 unspecified atom stereocenters. The molecule has 9 heteroatoms. The molecule has 166 valence electrons. The summed E-state index contributed by atoms with van der Waals surface area (Å²) in [5.41, 5.74) is -0.666. The molecular weight excluding hydrogens is 416 g/mol. The third-order valence-electron chi connectivity index (χ3n) is 5.56. The summed E-state index contributed by atoms with van der Waals surface area (Å²) < 4.78 is 15.6. The zero-order chi connectivity index (χ0) is 22.9. The minimum Gasteiger partial charge on any atom is -0.426 e. The van der Waals surface area contributed by atoms with Crippen LogP contribution in [0.15, 0.2) is 44.3 Å². The van der Waals surface area contributed by atoms with Crippen LogP contribution < -0.4 is 20.8 Å². The summed E-state index contributed by atoms with van der Waals surface area (Å²) in [6, 6.07) is 7.37. The highest BCUT2D eigenvalue weighted by Crippen LogP contribution is 2.49. The van der Waals surface area contributed by atoms with Gasteiger partial charge in [-0.1, -0.05) is 19.1 Å².